The maximum atomic E-state index is 12.3. The summed E-state index contributed by atoms with van der Waals surface area (Å²) < 4.78 is 0.693. The predicted molar refractivity (Wildman–Crippen MR) is 73.4 cm³/mol. The predicted octanol–water partition coefficient (Wildman–Crippen LogP) is 4.56. The smallest absolute Gasteiger partial charge is 0.203 e. The van der Waals surface area contributed by atoms with Crippen molar-refractivity contribution < 1.29 is 4.79 Å². The van der Waals surface area contributed by atoms with Crippen LogP contribution in [-0.2, 0) is 0 Å². The molecule has 1 aromatic heterocycles. The quantitative estimate of drug-likeness (QED) is 0.727. The van der Waals surface area contributed by atoms with E-state index in [-0.39, 0.29) is 5.78 Å². The minimum atomic E-state index is 0.0613. The highest BCUT2D eigenvalue weighted by Crippen LogP contribution is 2.29. The number of hydrogen-bond donors (Lipinski definition) is 0. The number of benzene rings is 1. The van der Waals surface area contributed by atoms with Crippen molar-refractivity contribution >= 4 is 28.7 Å². The molecule has 17 heavy (non-hydrogen) atoms. The van der Waals surface area contributed by atoms with Crippen LogP contribution in [0.2, 0.25) is 4.34 Å². The van der Waals surface area contributed by atoms with E-state index < -0.39 is 0 Å². The molecule has 0 N–H and O–H groups in total. The molecular formula is C14H13ClOS. The molecule has 2 aromatic rings. The van der Waals surface area contributed by atoms with E-state index in [9.17, 15) is 4.79 Å². The summed E-state index contributed by atoms with van der Waals surface area (Å²) >= 11 is 7.35. The molecule has 0 radical (unpaired) electrons. The molecule has 0 amide bonds. The summed E-state index contributed by atoms with van der Waals surface area (Å²) in [7, 11) is 0. The van der Waals surface area contributed by atoms with Crippen molar-refractivity contribution in [2.24, 2.45) is 0 Å². The summed E-state index contributed by atoms with van der Waals surface area (Å²) in [5, 5.41) is 0. The molecule has 0 atom stereocenters. The number of rotatable bonds is 2. The second-order valence-corrected chi connectivity index (χ2v) is 5.87. The molecule has 0 unspecified atom stereocenters. The molecular weight excluding hydrogens is 252 g/mol. The molecule has 0 aliphatic heterocycles. The highest BCUT2D eigenvalue weighted by atomic mass is 35.5. The van der Waals surface area contributed by atoms with E-state index in [1.165, 1.54) is 11.3 Å². The molecule has 88 valence electrons. The van der Waals surface area contributed by atoms with Crippen LogP contribution in [0.15, 0.2) is 24.3 Å². The molecule has 1 nitrogen and oxygen atoms in total. The van der Waals surface area contributed by atoms with E-state index in [4.69, 9.17) is 11.6 Å². The van der Waals surface area contributed by atoms with Gasteiger partial charge in [0, 0.05) is 5.56 Å². The van der Waals surface area contributed by atoms with Gasteiger partial charge in [-0.1, -0.05) is 29.3 Å². The lowest BCUT2D eigenvalue weighted by Gasteiger charge is -2.04. The third-order valence-corrected chi connectivity index (χ3v) is 4.27. The van der Waals surface area contributed by atoms with Crippen molar-refractivity contribution in [3.63, 3.8) is 0 Å². The maximum absolute atomic E-state index is 12.3. The van der Waals surface area contributed by atoms with Gasteiger partial charge in [-0.15, -0.1) is 11.3 Å². The van der Waals surface area contributed by atoms with Crippen LogP contribution in [-0.4, -0.2) is 5.78 Å². The Balaban J connectivity index is 2.47. The SMILES string of the molecule is Cc1ccc(C)c(C(=O)c2cc(C)c(Cl)s2)c1. The Hall–Kier alpha value is -1.12. The van der Waals surface area contributed by atoms with Crippen LogP contribution in [0.5, 0.6) is 0 Å². The van der Waals surface area contributed by atoms with Gasteiger partial charge in [0.15, 0.2) is 0 Å². The van der Waals surface area contributed by atoms with Crippen molar-refractivity contribution in [2.45, 2.75) is 20.8 Å². The first-order valence-electron chi connectivity index (χ1n) is 5.37. The topological polar surface area (TPSA) is 17.1 Å². The molecule has 3 heteroatoms. The zero-order valence-corrected chi connectivity index (χ0v) is 11.6. The van der Waals surface area contributed by atoms with Gasteiger partial charge in [-0.3, -0.25) is 4.79 Å². The number of aryl methyl sites for hydroxylation is 3. The summed E-state index contributed by atoms with van der Waals surface area (Å²) in [5.74, 6) is 0.0613. The molecule has 0 saturated heterocycles. The Morgan fingerprint density at radius 2 is 1.82 bits per heavy atom. The van der Waals surface area contributed by atoms with E-state index in [1.54, 1.807) is 0 Å². The van der Waals surface area contributed by atoms with Gasteiger partial charge >= 0.3 is 0 Å². The lowest BCUT2D eigenvalue weighted by Crippen LogP contribution is -2.01. The van der Waals surface area contributed by atoms with Crippen LogP contribution in [0.4, 0.5) is 0 Å². The summed E-state index contributed by atoms with van der Waals surface area (Å²) in [4.78, 5) is 13.0. The number of ketones is 1. The van der Waals surface area contributed by atoms with Crippen molar-refractivity contribution in [2.75, 3.05) is 0 Å². The number of carbonyl (C=O) groups excluding carboxylic acids is 1. The third-order valence-electron chi connectivity index (χ3n) is 2.72. The Bertz CT molecular complexity index is 564. The van der Waals surface area contributed by atoms with Gasteiger partial charge < -0.3 is 0 Å². The standard InChI is InChI=1S/C14H13ClOS/c1-8-4-5-9(2)11(6-8)13(16)12-7-10(3)14(15)17-12/h4-7H,1-3H3. The average Bonchev–Trinajstić information content (AvgIpc) is 2.62. The highest BCUT2D eigenvalue weighted by Gasteiger charge is 2.15. The fraction of sp³-hybridized carbons (Fsp3) is 0.214. The number of hydrogen-bond acceptors (Lipinski definition) is 2. The Morgan fingerprint density at radius 1 is 1.12 bits per heavy atom. The Labute approximate surface area is 110 Å². The number of thiophene rings is 1. The molecule has 0 aliphatic carbocycles. The van der Waals surface area contributed by atoms with Gasteiger partial charge in [-0.25, -0.2) is 0 Å². The minimum absolute atomic E-state index is 0.0613. The summed E-state index contributed by atoms with van der Waals surface area (Å²) in [5.41, 5.74) is 3.83. The van der Waals surface area contributed by atoms with Crippen LogP contribution < -0.4 is 0 Å². The van der Waals surface area contributed by atoms with Crippen LogP contribution in [0.3, 0.4) is 0 Å². The van der Waals surface area contributed by atoms with Gasteiger partial charge in [0.25, 0.3) is 0 Å². The lowest BCUT2D eigenvalue weighted by molar-refractivity contribution is 0.104. The van der Waals surface area contributed by atoms with Crippen molar-refractivity contribution in [1.29, 1.82) is 0 Å². The summed E-state index contributed by atoms with van der Waals surface area (Å²) in [6, 6.07) is 7.78. The summed E-state index contributed by atoms with van der Waals surface area (Å²) in [6.45, 7) is 5.86. The lowest BCUT2D eigenvalue weighted by atomic mass is 10.0. The van der Waals surface area contributed by atoms with Crippen LogP contribution in [0, 0.1) is 20.8 Å². The van der Waals surface area contributed by atoms with E-state index in [1.807, 2.05) is 45.0 Å². The second kappa shape index (κ2) is 4.63. The normalized spacial score (nSPS) is 10.6. The summed E-state index contributed by atoms with van der Waals surface area (Å²) in [6.07, 6.45) is 0. The number of halogens is 1. The zero-order chi connectivity index (χ0) is 12.6. The fourth-order valence-corrected chi connectivity index (χ4v) is 2.84. The molecule has 0 bridgehead atoms. The monoisotopic (exact) mass is 264 g/mol. The van der Waals surface area contributed by atoms with Gasteiger partial charge in [-0.2, -0.15) is 0 Å². The van der Waals surface area contributed by atoms with Crippen molar-refractivity contribution in [3.8, 4) is 0 Å². The first-order chi connectivity index (χ1) is 7.99. The van der Waals surface area contributed by atoms with Gasteiger partial charge in [-0.05, 0) is 44.0 Å². The van der Waals surface area contributed by atoms with E-state index >= 15 is 0 Å². The van der Waals surface area contributed by atoms with Gasteiger partial charge in [0.05, 0.1) is 9.21 Å². The van der Waals surface area contributed by atoms with Crippen LogP contribution in [0.1, 0.15) is 31.9 Å². The van der Waals surface area contributed by atoms with Crippen molar-refractivity contribution in [1.82, 2.24) is 0 Å². The van der Waals surface area contributed by atoms with E-state index in [0.29, 0.717) is 9.21 Å². The number of carbonyl (C=O) groups is 1. The largest absolute Gasteiger partial charge is 0.288 e. The highest BCUT2D eigenvalue weighted by molar-refractivity contribution is 7.18. The third kappa shape index (κ3) is 2.43. The maximum Gasteiger partial charge on any atom is 0.203 e. The van der Waals surface area contributed by atoms with Crippen molar-refractivity contribution in [3.05, 3.63) is 55.7 Å². The van der Waals surface area contributed by atoms with Gasteiger partial charge in [0.2, 0.25) is 5.78 Å². The van der Waals surface area contributed by atoms with Gasteiger partial charge in [0.1, 0.15) is 0 Å². The fourth-order valence-electron chi connectivity index (χ4n) is 1.68. The Morgan fingerprint density at radius 3 is 2.41 bits per heavy atom. The van der Waals surface area contributed by atoms with Crippen LogP contribution >= 0.6 is 22.9 Å². The molecule has 1 heterocycles. The first kappa shape index (κ1) is 12.3. The molecule has 2 rings (SSSR count). The zero-order valence-electron chi connectivity index (χ0n) is 10.0. The Kier molecular flexibility index (Phi) is 3.36. The molecule has 0 spiro atoms. The van der Waals surface area contributed by atoms with E-state index in [2.05, 4.69) is 0 Å². The molecule has 0 fully saturated rings. The first-order valence-corrected chi connectivity index (χ1v) is 6.56. The second-order valence-electron chi connectivity index (χ2n) is 4.21. The minimum Gasteiger partial charge on any atom is -0.288 e. The molecule has 0 saturated carbocycles. The molecule has 0 aliphatic rings. The van der Waals surface area contributed by atoms with E-state index in [0.717, 1.165) is 22.3 Å². The molecule has 1 aromatic carbocycles. The average molecular weight is 265 g/mol. The van der Waals surface area contributed by atoms with Crippen LogP contribution in [0.25, 0.3) is 0 Å².